The molecule has 0 saturated carbocycles. The van der Waals surface area contributed by atoms with Gasteiger partial charge in [0.15, 0.2) is 5.96 Å². The smallest absolute Gasteiger partial charge is 0.193 e. The number of nitrogens with zero attached hydrogens (tertiary/aromatic N) is 1. The van der Waals surface area contributed by atoms with Gasteiger partial charge in [0.05, 0.1) is 13.7 Å². The molecule has 0 aliphatic rings. The number of nitrogens with one attached hydrogen (secondary N) is 1. The van der Waals surface area contributed by atoms with Gasteiger partial charge in [-0.25, -0.2) is 0 Å². The molecule has 2 aromatic rings. The summed E-state index contributed by atoms with van der Waals surface area (Å²) in [6.45, 7) is 2.29. The van der Waals surface area contributed by atoms with Gasteiger partial charge in [-0.3, -0.25) is 4.99 Å². The van der Waals surface area contributed by atoms with Crippen molar-refractivity contribution in [3.05, 3.63) is 54.1 Å². The topological polar surface area (TPSA) is 89.1 Å². The normalized spacial score (nSPS) is 12.0. The molecule has 1 atom stereocenters. The van der Waals surface area contributed by atoms with Crippen LogP contribution in [0.4, 0.5) is 5.69 Å². The van der Waals surface area contributed by atoms with Crippen LogP contribution in [-0.4, -0.2) is 37.4 Å². The Kier molecular flexibility index (Phi) is 9.07. The predicted octanol–water partition coefficient (Wildman–Crippen LogP) is 2.79. The molecule has 0 fully saturated rings. The number of benzene rings is 2. The summed E-state index contributed by atoms with van der Waals surface area (Å²) < 4.78 is 10.6. The third-order valence-electron chi connectivity index (χ3n) is 3.27. The number of aliphatic imine (C=N–C) groups is 1. The Bertz CT molecular complexity index is 678. The van der Waals surface area contributed by atoms with Crippen LogP contribution in [0.25, 0.3) is 0 Å². The molecule has 0 saturated heterocycles. The maximum absolute atomic E-state index is 9.93. The van der Waals surface area contributed by atoms with Crippen molar-refractivity contribution in [3.63, 3.8) is 0 Å². The summed E-state index contributed by atoms with van der Waals surface area (Å²) in [4.78, 5) is 4.11. The van der Waals surface area contributed by atoms with E-state index < -0.39 is 6.10 Å². The molecule has 0 radical (unpaired) electrons. The van der Waals surface area contributed by atoms with Gasteiger partial charge in [-0.05, 0) is 48.9 Å². The van der Waals surface area contributed by atoms with Crippen LogP contribution in [-0.2, 0) is 0 Å². The van der Waals surface area contributed by atoms with Crippen molar-refractivity contribution < 1.29 is 14.6 Å². The van der Waals surface area contributed by atoms with Crippen molar-refractivity contribution in [2.45, 2.75) is 13.0 Å². The lowest BCUT2D eigenvalue weighted by molar-refractivity contribution is 0.114. The number of aliphatic hydroxyl groups excluding tert-OH is 1. The van der Waals surface area contributed by atoms with E-state index in [0.717, 1.165) is 22.7 Å². The number of aliphatic hydroxyl groups is 1. The van der Waals surface area contributed by atoms with E-state index in [0.29, 0.717) is 0 Å². The minimum Gasteiger partial charge on any atom is -0.497 e. The maximum Gasteiger partial charge on any atom is 0.193 e. The molecule has 1 unspecified atom stereocenters. The van der Waals surface area contributed by atoms with E-state index >= 15 is 0 Å². The first-order valence-corrected chi connectivity index (χ1v) is 7.65. The quantitative estimate of drug-likeness (QED) is 0.338. The van der Waals surface area contributed by atoms with Crippen LogP contribution in [0, 0.1) is 6.92 Å². The van der Waals surface area contributed by atoms with Crippen LogP contribution in [0.1, 0.15) is 5.56 Å². The molecule has 4 N–H and O–H groups in total. The minimum absolute atomic E-state index is 0. The van der Waals surface area contributed by atoms with Crippen LogP contribution in [0.3, 0.4) is 0 Å². The Morgan fingerprint density at radius 2 is 1.92 bits per heavy atom. The lowest BCUT2D eigenvalue weighted by atomic mass is 10.2. The summed E-state index contributed by atoms with van der Waals surface area (Å²) in [7, 11) is 1.61. The minimum atomic E-state index is -0.735. The third kappa shape index (κ3) is 7.61. The summed E-state index contributed by atoms with van der Waals surface area (Å²) in [6.07, 6.45) is -0.735. The lowest BCUT2D eigenvalue weighted by Gasteiger charge is -2.12. The molecule has 136 valence electrons. The van der Waals surface area contributed by atoms with Crippen molar-refractivity contribution in [2.75, 3.05) is 25.6 Å². The zero-order valence-electron chi connectivity index (χ0n) is 14.3. The second-order valence-electron chi connectivity index (χ2n) is 5.36. The van der Waals surface area contributed by atoms with Crippen LogP contribution < -0.4 is 20.5 Å². The third-order valence-corrected chi connectivity index (χ3v) is 3.27. The molecular weight excluding hydrogens is 433 g/mol. The first-order valence-electron chi connectivity index (χ1n) is 7.65. The van der Waals surface area contributed by atoms with Gasteiger partial charge in [0.25, 0.3) is 0 Å². The summed E-state index contributed by atoms with van der Waals surface area (Å²) in [5.41, 5.74) is 7.71. The highest BCUT2D eigenvalue weighted by Gasteiger charge is 2.05. The van der Waals surface area contributed by atoms with Crippen LogP contribution in [0.15, 0.2) is 53.5 Å². The lowest BCUT2D eigenvalue weighted by Crippen LogP contribution is -2.27. The summed E-state index contributed by atoms with van der Waals surface area (Å²) >= 11 is 0. The number of halogens is 1. The van der Waals surface area contributed by atoms with Crippen LogP contribution >= 0.6 is 24.0 Å². The van der Waals surface area contributed by atoms with Gasteiger partial charge in [0, 0.05) is 5.69 Å². The molecule has 0 spiro atoms. The molecule has 7 heteroatoms. The van der Waals surface area contributed by atoms with Crippen molar-refractivity contribution in [2.24, 2.45) is 10.7 Å². The fraction of sp³-hybridized carbons (Fsp3) is 0.278. The Balaban J connectivity index is 0.00000312. The molecule has 0 bridgehead atoms. The second kappa shape index (κ2) is 10.8. The molecule has 25 heavy (non-hydrogen) atoms. The van der Waals surface area contributed by atoms with Crippen molar-refractivity contribution in [1.29, 1.82) is 0 Å². The molecule has 2 rings (SSSR count). The predicted molar refractivity (Wildman–Crippen MR) is 111 cm³/mol. The number of hydrogen-bond donors (Lipinski definition) is 3. The molecule has 0 amide bonds. The number of nitrogens with two attached hydrogens (primary N) is 1. The van der Waals surface area contributed by atoms with E-state index in [4.69, 9.17) is 15.2 Å². The van der Waals surface area contributed by atoms with Gasteiger partial charge in [-0.1, -0.05) is 12.1 Å². The van der Waals surface area contributed by atoms with E-state index in [1.807, 2.05) is 55.5 Å². The molecule has 0 aromatic heterocycles. The Labute approximate surface area is 165 Å². The number of aryl methyl sites for hydroxylation is 1. The van der Waals surface area contributed by atoms with Crippen LogP contribution in [0.2, 0.25) is 0 Å². The highest BCUT2D eigenvalue weighted by atomic mass is 127. The van der Waals surface area contributed by atoms with Gasteiger partial charge >= 0.3 is 0 Å². The monoisotopic (exact) mass is 457 g/mol. The van der Waals surface area contributed by atoms with Crippen molar-refractivity contribution >= 4 is 35.6 Å². The number of ether oxygens (including phenoxy) is 2. The van der Waals surface area contributed by atoms with Crippen molar-refractivity contribution in [1.82, 2.24) is 0 Å². The van der Waals surface area contributed by atoms with E-state index in [2.05, 4.69) is 10.3 Å². The van der Waals surface area contributed by atoms with Gasteiger partial charge in [0.1, 0.15) is 24.2 Å². The Morgan fingerprint density at radius 1 is 1.20 bits per heavy atom. The number of guanidine groups is 1. The SMILES string of the molecule is COc1ccc(NC(N)=NCC(O)COc2cccc(C)c2)cc1.I. The standard InChI is InChI=1S/C18H23N3O3.HI/c1-13-4-3-5-17(10-13)24-12-15(22)11-20-18(19)21-14-6-8-16(23-2)9-7-14;/h3-10,15,22H,11-12H2,1-2H3,(H3,19,20,21);1H. The fourth-order valence-corrected chi connectivity index (χ4v) is 2.02. The largest absolute Gasteiger partial charge is 0.497 e. The van der Waals surface area contributed by atoms with Gasteiger partial charge in [0.2, 0.25) is 0 Å². The maximum atomic E-state index is 9.93. The Hall–Kier alpha value is -2.00. The highest BCUT2D eigenvalue weighted by molar-refractivity contribution is 14.0. The average Bonchev–Trinajstić information content (AvgIpc) is 2.59. The van der Waals surface area contributed by atoms with Gasteiger partial charge < -0.3 is 25.6 Å². The van der Waals surface area contributed by atoms with E-state index in [9.17, 15) is 5.11 Å². The number of hydrogen-bond acceptors (Lipinski definition) is 4. The highest BCUT2D eigenvalue weighted by Crippen LogP contribution is 2.15. The average molecular weight is 457 g/mol. The Morgan fingerprint density at radius 3 is 2.56 bits per heavy atom. The summed E-state index contributed by atoms with van der Waals surface area (Å²) in [5, 5.41) is 12.9. The number of rotatable bonds is 7. The van der Waals surface area contributed by atoms with Gasteiger partial charge in [-0.15, -0.1) is 24.0 Å². The van der Waals surface area contributed by atoms with Crippen LogP contribution in [0.5, 0.6) is 11.5 Å². The van der Waals surface area contributed by atoms with E-state index in [1.165, 1.54) is 0 Å². The molecular formula is C18H24IN3O3. The summed E-state index contributed by atoms with van der Waals surface area (Å²) in [5.74, 6) is 1.72. The number of anilines is 1. The zero-order valence-corrected chi connectivity index (χ0v) is 16.6. The van der Waals surface area contributed by atoms with Gasteiger partial charge in [-0.2, -0.15) is 0 Å². The van der Waals surface area contributed by atoms with E-state index in [1.54, 1.807) is 7.11 Å². The molecule has 6 nitrogen and oxygen atoms in total. The first-order chi connectivity index (χ1) is 11.6. The molecule has 2 aromatic carbocycles. The first kappa shape index (κ1) is 21.0. The molecule has 0 aliphatic heterocycles. The fourth-order valence-electron chi connectivity index (χ4n) is 2.02. The zero-order chi connectivity index (χ0) is 17.4. The summed E-state index contributed by atoms with van der Waals surface area (Å²) in [6, 6.07) is 15.0. The number of methoxy groups -OCH3 is 1. The molecule has 0 heterocycles. The molecule has 0 aliphatic carbocycles. The second-order valence-corrected chi connectivity index (χ2v) is 5.36. The van der Waals surface area contributed by atoms with Crippen molar-refractivity contribution in [3.8, 4) is 11.5 Å². The van der Waals surface area contributed by atoms with E-state index in [-0.39, 0.29) is 43.1 Å².